The molecule has 0 aliphatic carbocycles. The van der Waals surface area contributed by atoms with E-state index in [0.29, 0.717) is 17.7 Å². The Labute approximate surface area is 133 Å². The van der Waals surface area contributed by atoms with Gasteiger partial charge in [-0.25, -0.2) is 0 Å². The molecule has 0 aliphatic heterocycles. The van der Waals surface area contributed by atoms with Crippen LogP contribution in [0.1, 0.15) is 51.0 Å². The molecule has 1 aromatic carbocycles. The molecule has 2 aromatic rings. The maximum Gasteiger partial charge on any atom is 0.218 e. The van der Waals surface area contributed by atoms with Crippen LogP contribution in [0.25, 0.3) is 11.5 Å². The van der Waals surface area contributed by atoms with E-state index in [1.165, 1.54) is 5.56 Å². The van der Waals surface area contributed by atoms with Gasteiger partial charge in [0.2, 0.25) is 5.89 Å². The van der Waals surface area contributed by atoms with Crippen LogP contribution in [0.4, 0.5) is 0 Å². The Balaban J connectivity index is 0.00000162. The number of hydrogen-bond acceptors (Lipinski definition) is 3. The van der Waals surface area contributed by atoms with Crippen molar-refractivity contribution in [1.82, 2.24) is 10.2 Å². The van der Waals surface area contributed by atoms with Gasteiger partial charge in [0.1, 0.15) is 0 Å². The zero-order chi connectivity index (χ0) is 12.4. The van der Waals surface area contributed by atoms with E-state index in [4.69, 9.17) is 4.42 Å². The second kappa shape index (κ2) is 6.58. The second-order valence-electron chi connectivity index (χ2n) is 4.81. The SMILES string of the molecule is CC(C)c1c[c-]cc(-c2nnc(C(C)C)o2)c1.[Y]. The zero-order valence-corrected chi connectivity index (χ0v) is 14.1. The van der Waals surface area contributed by atoms with E-state index in [1.807, 2.05) is 26.0 Å². The minimum absolute atomic E-state index is 0. The van der Waals surface area contributed by atoms with Crippen LogP contribution in [-0.2, 0) is 32.7 Å². The van der Waals surface area contributed by atoms with Gasteiger partial charge in [-0.05, 0) is 0 Å². The monoisotopic (exact) mass is 318 g/mol. The Kier molecular flexibility index (Phi) is 5.67. The summed E-state index contributed by atoms with van der Waals surface area (Å²) in [7, 11) is 0. The van der Waals surface area contributed by atoms with Gasteiger partial charge in [-0.15, -0.1) is 10.2 Å². The average Bonchev–Trinajstić information content (AvgIpc) is 2.78. The molecule has 4 heteroatoms. The minimum atomic E-state index is 0. The predicted octanol–water partition coefficient (Wildman–Crippen LogP) is 3.78. The van der Waals surface area contributed by atoms with Crippen LogP contribution in [0.3, 0.4) is 0 Å². The molecular formula is C14H17N2OY-. The molecule has 0 N–H and O–H groups in total. The Morgan fingerprint density at radius 1 is 1.06 bits per heavy atom. The smallest absolute Gasteiger partial charge is 0.218 e. The van der Waals surface area contributed by atoms with Crippen molar-refractivity contribution in [1.29, 1.82) is 0 Å². The first-order chi connectivity index (χ1) is 8.08. The summed E-state index contributed by atoms with van der Waals surface area (Å²) in [6.45, 7) is 8.38. The maximum atomic E-state index is 5.62. The van der Waals surface area contributed by atoms with Crippen LogP contribution in [0.15, 0.2) is 22.6 Å². The van der Waals surface area contributed by atoms with Crippen molar-refractivity contribution in [3.8, 4) is 11.5 Å². The van der Waals surface area contributed by atoms with Crippen molar-refractivity contribution in [3.05, 3.63) is 35.7 Å². The van der Waals surface area contributed by atoms with Gasteiger partial charge in [0, 0.05) is 38.6 Å². The Bertz CT molecular complexity index is 506. The summed E-state index contributed by atoms with van der Waals surface area (Å²) < 4.78 is 5.62. The van der Waals surface area contributed by atoms with E-state index < -0.39 is 0 Å². The molecule has 0 aliphatic rings. The zero-order valence-electron chi connectivity index (χ0n) is 11.3. The van der Waals surface area contributed by atoms with Gasteiger partial charge in [0.15, 0.2) is 5.89 Å². The summed E-state index contributed by atoms with van der Waals surface area (Å²) >= 11 is 0. The van der Waals surface area contributed by atoms with Gasteiger partial charge in [-0.2, -0.15) is 29.8 Å². The predicted molar refractivity (Wildman–Crippen MR) is 66.7 cm³/mol. The van der Waals surface area contributed by atoms with Crippen LogP contribution < -0.4 is 0 Å². The third-order valence-electron chi connectivity index (χ3n) is 2.66. The van der Waals surface area contributed by atoms with E-state index in [0.717, 1.165) is 5.56 Å². The summed E-state index contributed by atoms with van der Waals surface area (Å²) in [6.07, 6.45) is 0. The molecule has 1 heterocycles. The molecule has 0 fully saturated rings. The molecule has 0 saturated heterocycles. The average molecular weight is 318 g/mol. The Morgan fingerprint density at radius 3 is 2.33 bits per heavy atom. The number of benzene rings is 1. The van der Waals surface area contributed by atoms with Crippen molar-refractivity contribution in [2.24, 2.45) is 0 Å². The molecule has 0 unspecified atom stereocenters. The van der Waals surface area contributed by atoms with E-state index in [2.05, 4.69) is 36.2 Å². The summed E-state index contributed by atoms with van der Waals surface area (Å²) in [5, 5.41) is 8.11. The number of aromatic nitrogens is 2. The van der Waals surface area contributed by atoms with Gasteiger partial charge in [0.05, 0.1) is 0 Å². The van der Waals surface area contributed by atoms with E-state index >= 15 is 0 Å². The quantitative estimate of drug-likeness (QED) is 0.809. The van der Waals surface area contributed by atoms with Crippen molar-refractivity contribution < 1.29 is 37.1 Å². The normalized spacial score (nSPS) is 10.8. The first kappa shape index (κ1) is 15.5. The molecule has 0 atom stereocenters. The molecule has 18 heavy (non-hydrogen) atoms. The maximum absolute atomic E-state index is 5.62. The number of rotatable bonds is 3. The van der Waals surface area contributed by atoms with E-state index in [1.54, 1.807) is 0 Å². The van der Waals surface area contributed by atoms with Gasteiger partial charge < -0.3 is 4.42 Å². The van der Waals surface area contributed by atoms with Gasteiger partial charge in [-0.1, -0.05) is 39.2 Å². The molecule has 3 nitrogen and oxygen atoms in total. The van der Waals surface area contributed by atoms with Crippen molar-refractivity contribution >= 4 is 0 Å². The van der Waals surface area contributed by atoms with Gasteiger partial charge in [0.25, 0.3) is 0 Å². The van der Waals surface area contributed by atoms with E-state index in [-0.39, 0.29) is 38.6 Å². The van der Waals surface area contributed by atoms with E-state index in [9.17, 15) is 0 Å². The first-order valence-corrected chi connectivity index (χ1v) is 5.92. The summed E-state index contributed by atoms with van der Waals surface area (Å²) in [5.74, 6) is 1.98. The molecule has 1 radical (unpaired) electrons. The molecular weight excluding hydrogens is 301 g/mol. The minimum Gasteiger partial charge on any atom is -0.432 e. The Morgan fingerprint density at radius 2 is 1.78 bits per heavy atom. The molecule has 0 spiro atoms. The fraction of sp³-hybridized carbons (Fsp3) is 0.429. The summed E-state index contributed by atoms with van der Waals surface area (Å²) in [4.78, 5) is 0. The number of nitrogens with zero attached hydrogens (tertiary/aromatic N) is 2. The summed E-state index contributed by atoms with van der Waals surface area (Å²) in [6, 6.07) is 9.07. The van der Waals surface area contributed by atoms with Crippen molar-refractivity contribution in [2.75, 3.05) is 0 Å². The van der Waals surface area contributed by atoms with Crippen LogP contribution in [-0.4, -0.2) is 10.2 Å². The molecule has 1 aromatic heterocycles. The van der Waals surface area contributed by atoms with Crippen LogP contribution in [0.5, 0.6) is 0 Å². The molecule has 93 valence electrons. The second-order valence-corrected chi connectivity index (χ2v) is 4.81. The molecule has 0 amide bonds. The van der Waals surface area contributed by atoms with Crippen molar-refractivity contribution in [2.45, 2.75) is 39.5 Å². The number of hydrogen-bond donors (Lipinski definition) is 0. The topological polar surface area (TPSA) is 38.9 Å². The molecule has 2 rings (SSSR count). The third kappa shape index (κ3) is 3.49. The molecule has 0 bridgehead atoms. The van der Waals surface area contributed by atoms with Crippen LogP contribution >= 0.6 is 0 Å². The largest absolute Gasteiger partial charge is 0.432 e. The standard InChI is InChI=1S/C14H17N2O.Y/c1-9(2)11-6-5-7-12(8-11)14-16-15-13(17-14)10(3)4;/h6-10H,1-4H3;/q-1;. The first-order valence-electron chi connectivity index (χ1n) is 5.92. The third-order valence-corrected chi connectivity index (χ3v) is 2.66. The van der Waals surface area contributed by atoms with Crippen LogP contribution in [0.2, 0.25) is 0 Å². The van der Waals surface area contributed by atoms with Gasteiger partial charge in [-0.3, -0.25) is 0 Å². The van der Waals surface area contributed by atoms with Crippen molar-refractivity contribution in [3.63, 3.8) is 0 Å². The van der Waals surface area contributed by atoms with Crippen LogP contribution in [0, 0.1) is 6.07 Å². The fourth-order valence-electron chi connectivity index (χ4n) is 1.53. The molecule has 0 saturated carbocycles. The Hall–Kier alpha value is -0.536. The van der Waals surface area contributed by atoms with Gasteiger partial charge >= 0.3 is 0 Å². The summed E-state index contributed by atoms with van der Waals surface area (Å²) in [5.41, 5.74) is 2.17. The fourth-order valence-corrected chi connectivity index (χ4v) is 1.53.